The fourth-order valence-electron chi connectivity index (χ4n) is 3.07. The molecule has 0 aliphatic carbocycles. The molecule has 1 fully saturated rings. The molecule has 0 unspecified atom stereocenters. The van der Waals surface area contributed by atoms with E-state index in [1.54, 1.807) is 0 Å². The highest BCUT2D eigenvalue weighted by atomic mass is 16.6. The third kappa shape index (κ3) is 5.12. The van der Waals surface area contributed by atoms with Gasteiger partial charge in [-0.05, 0) is 65.0 Å². The number of hydrogen-bond acceptors (Lipinski definition) is 4. The molecule has 0 spiro atoms. The van der Waals surface area contributed by atoms with Gasteiger partial charge >= 0.3 is 6.09 Å². The third-order valence-electron chi connectivity index (χ3n) is 4.24. The Hall–Kier alpha value is -1.78. The number of carbonyl (C=O) groups excluding carboxylic acids is 1. The summed E-state index contributed by atoms with van der Waals surface area (Å²) in [6, 6.07) is 2.17. The Kier molecular flexibility index (Phi) is 5.50. The van der Waals surface area contributed by atoms with E-state index in [2.05, 4.69) is 35.1 Å². The number of nitrogens with zero attached hydrogens (tertiary/aromatic N) is 2. The average molecular weight is 319 g/mol. The normalized spacial score (nSPS) is 20.0. The van der Waals surface area contributed by atoms with Gasteiger partial charge in [0, 0.05) is 37.2 Å². The fourth-order valence-corrected chi connectivity index (χ4v) is 3.07. The van der Waals surface area contributed by atoms with Gasteiger partial charge in [-0.2, -0.15) is 0 Å². The van der Waals surface area contributed by atoms with Gasteiger partial charge in [-0.3, -0.25) is 4.98 Å². The smallest absolute Gasteiger partial charge is 0.407 e. The maximum atomic E-state index is 12.0. The van der Waals surface area contributed by atoms with E-state index >= 15 is 0 Å². The van der Waals surface area contributed by atoms with E-state index in [4.69, 9.17) is 4.74 Å². The Morgan fingerprint density at radius 3 is 2.87 bits per heavy atom. The van der Waals surface area contributed by atoms with Crippen LogP contribution in [0.3, 0.4) is 0 Å². The van der Waals surface area contributed by atoms with Crippen LogP contribution < -0.4 is 10.2 Å². The molecular weight excluding hydrogens is 290 g/mol. The number of nitrogens with one attached hydrogen (secondary N) is 1. The maximum absolute atomic E-state index is 12.0. The molecule has 0 bridgehead atoms. The molecule has 1 aliphatic heterocycles. The molecule has 5 nitrogen and oxygen atoms in total. The Balaban J connectivity index is 1.95. The van der Waals surface area contributed by atoms with Gasteiger partial charge in [0.2, 0.25) is 0 Å². The molecular formula is C18H29N3O2. The Bertz CT molecular complexity index is 539. The van der Waals surface area contributed by atoms with E-state index in [-0.39, 0.29) is 12.1 Å². The number of pyridine rings is 1. The first kappa shape index (κ1) is 17.6. The monoisotopic (exact) mass is 319 g/mol. The lowest BCUT2D eigenvalue weighted by atomic mass is 9.91. The lowest BCUT2D eigenvalue weighted by molar-refractivity contribution is 0.0489. The second-order valence-corrected chi connectivity index (χ2v) is 7.45. The number of anilines is 1. The molecule has 2 atom stereocenters. The number of hydrogen-bond donors (Lipinski definition) is 1. The van der Waals surface area contributed by atoms with Crippen molar-refractivity contribution >= 4 is 11.8 Å². The van der Waals surface area contributed by atoms with Gasteiger partial charge in [0.25, 0.3) is 0 Å². The molecule has 1 aliphatic rings. The highest BCUT2D eigenvalue weighted by Crippen LogP contribution is 2.27. The summed E-state index contributed by atoms with van der Waals surface area (Å²) in [4.78, 5) is 18.5. The summed E-state index contributed by atoms with van der Waals surface area (Å²) in [6.45, 7) is 11.8. The van der Waals surface area contributed by atoms with Crippen LogP contribution in [0, 0.1) is 12.8 Å². The van der Waals surface area contributed by atoms with Crippen LogP contribution in [0.1, 0.15) is 46.1 Å². The van der Waals surface area contributed by atoms with Crippen molar-refractivity contribution in [3.8, 4) is 0 Å². The maximum Gasteiger partial charge on any atom is 0.407 e. The minimum absolute atomic E-state index is 0.0924. The summed E-state index contributed by atoms with van der Waals surface area (Å²) in [7, 11) is 0. The van der Waals surface area contributed by atoms with Crippen molar-refractivity contribution in [2.24, 2.45) is 5.92 Å². The highest BCUT2D eigenvalue weighted by Gasteiger charge is 2.27. The van der Waals surface area contributed by atoms with Crippen LogP contribution in [-0.2, 0) is 4.74 Å². The predicted molar refractivity (Wildman–Crippen MR) is 92.7 cm³/mol. The molecule has 5 heteroatoms. The average Bonchev–Trinajstić information content (AvgIpc) is 2.45. The van der Waals surface area contributed by atoms with Crippen LogP contribution in [-0.4, -0.2) is 35.8 Å². The number of alkyl carbamates (subject to hydrolysis) is 1. The Morgan fingerprint density at radius 2 is 2.22 bits per heavy atom. The summed E-state index contributed by atoms with van der Waals surface area (Å²) < 4.78 is 5.36. The largest absolute Gasteiger partial charge is 0.444 e. The molecule has 2 heterocycles. The number of piperidine rings is 1. The lowest BCUT2D eigenvalue weighted by Gasteiger charge is -2.38. The summed E-state index contributed by atoms with van der Waals surface area (Å²) >= 11 is 0. The first-order chi connectivity index (χ1) is 10.8. The second kappa shape index (κ2) is 7.20. The van der Waals surface area contributed by atoms with Crippen molar-refractivity contribution in [1.29, 1.82) is 0 Å². The van der Waals surface area contributed by atoms with Gasteiger partial charge in [0.1, 0.15) is 5.60 Å². The van der Waals surface area contributed by atoms with Crippen LogP contribution in [0.2, 0.25) is 0 Å². The van der Waals surface area contributed by atoms with Gasteiger partial charge in [-0.1, -0.05) is 0 Å². The summed E-state index contributed by atoms with van der Waals surface area (Å²) in [5.41, 5.74) is 1.98. The molecule has 1 N–H and O–H groups in total. The number of carbonyl (C=O) groups is 1. The van der Waals surface area contributed by atoms with Crippen molar-refractivity contribution in [3.05, 3.63) is 24.0 Å². The van der Waals surface area contributed by atoms with E-state index in [0.29, 0.717) is 5.92 Å². The number of aryl methyl sites for hydroxylation is 1. The molecule has 23 heavy (non-hydrogen) atoms. The summed E-state index contributed by atoms with van der Waals surface area (Å²) in [6.07, 6.45) is 5.67. The number of amides is 1. The molecule has 1 saturated heterocycles. The topological polar surface area (TPSA) is 54.5 Å². The SMILES string of the molecule is Cc1cnccc1N1CCC[C@H]([C@H](C)NC(=O)OC(C)(C)C)C1. The molecule has 0 radical (unpaired) electrons. The predicted octanol–water partition coefficient (Wildman–Crippen LogP) is 3.52. The number of rotatable bonds is 3. The minimum atomic E-state index is -0.462. The van der Waals surface area contributed by atoms with E-state index < -0.39 is 5.60 Å². The van der Waals surface area contributed by atoms with Gasteiger partial charge in [0.05, 0.1) is 0 Å². The van der Waals surface area contributed by atoms with E-state index in [9.17, 15) is 4.79 Å². The zero-order valence-corrected chi connectivity index (χ0v) is 14.9. The van der Waals surface area contributed by atoms with E-state index in [1.165, 1.54) is 11.3 Å². The van der Waals surface area contributed by atoms with Gasteiger partial charge in [-0.15, -0.1) is 0 Å². The molecule has 0 aromatic carbocycles. The molecule has 1 aromatic rings. The summed E-state index contributed by atoms with van der Waals surface area (Å²) in [5, 5.41) is 2.99. The molecule has 128 valence electrons. The van der Waals surface area contributed by atoms with Crippen molar-refractivity contribution in [3.63, 3.8) is 0 Å². The minimum Gasteiger partial charge on any atom is -0.444 e. The van der Waals surface area contributed by atoms with Crippen LogP contribution in [0.5, 0.6) is 0 Å². The van der Waals surface area contributed by atoms with E-state index in [0.717, 1.165) is 25.9 Å². The standard InChI is InChI=1S/C18H29N3O2/c1-13-11-19-9-8-16(13)21-10-6-7-15(12-21)14(2)20-17(22)23-18(3,4)5/h8-9,11,14-15H,6-7,10,12H2,1-5H3,(H,20,22)/t14-,15-/m0/s1. The van der Waals surface area contributed by atoms with Gasteiger partial charge in [-0.25, -0.2) is 4.79 Å². The first-order valence-electron chi connectivity index (χ1n) is 8.41. The molecule has 2 rings (SSSR count). The number of aromatic nitrogens is 1. The molecule has 1 aromatic heterocycles. The second-order valence-electron chi connectivity index (χ2n) is 7.45. The zero-order chi connectivity index (χ0) is 17.0. The molecule has 0 saturated carbocycles. The lowest BCUT2D eigenvalue weighted by Crippen LogP contribution is -2.47. The van der Waals surface area contributed by atoms with Crippen molar-refractivity contribution < 1.29 is 9.53 Å². The van der Waals surface area contributed by atoms with Crippen molar-refractivity contribution in [2.75, 3.05) is 18.0 Å². The van der Waals surface area contributed by atoms with Gasteiger partial charge < -0.3 is 15.0 Å². The summed E-state index contributed by atoms with van der Waals surface area (Å²) in [5.74, 6) is 0.420. The van der Waals surface area contributed by atoms with Crippen molar-refractivity contribution in [1.82, 2.24) is 10.3 Å². The van der Waals surface area contributed by atoms with Crippen LogP contribution in [0.25, 0.3) is 0 Å². The third-order valence-corrected chi connectivity index (χ3v) is 4.24. The molecule has 1 amide bonds. The zero-order valence-electron chi connectivity index (χ0n) is 14.9. The van der Waals surface area contributed by atoms with Crippen LogP contribution in [0.15, 0.2) is 18.5 Å². The van der Waals surface area contributed by atoms with E-state index in [1.807, 2.05) is 33.2 Å². The number of ether oxygens (including phenoxy) is 1. The van der Waals surface area contributed by atoms with Gasteiger partial charge in [0.15, 0.2) is 0 Å². The fraction of sp³-hybridized carbons (Fsp3) is 0.667. The highest BCUT2D eigenvalue weighted by molar-refractivity contribution is 5.68. The quantitative estimate of drug-likeness (QED) is 0.926. The first-order valence-corrected chi connectivity index (χ1v) is 8.41. The van der Waals surface area contributed by atoms with Crippen molar-refractivity contribution in [2.45, 2.75) is 59.1 Å². The Morgan fingerprint density at radius 1 is 1.48 bits per heavy atom. The van der Waals surface area contributed by atoms with Crippen LogP contribution in [0.4, 0.5) is 10.5 Å². The van der Waals surface area contributed by atoms with Crippen LogP contribution >= 0.6 is 0 Å². The Labute approximate surface area is 139 Å².